The third-order valence-corrected chi connectivity index (χ3v) is 1.75. The van der Waals surface area contributed by atoms with Crippen LogP contribution in [0.4, 0.5) is 11.4 Å². The number of nitro groups is 2. The topological polar surface area (TPSA) is 134 Å². The fourth-order valence-corrected chi connectivity index (χ4v) is 1.06. The summed E-state index contributed by atoms with van der Waals surface area (Å²) >= 11 is 0. The predicted molar refractivity (Wildman–Crippen MR) is 49.2 cm³/mol. The molecule has 0 aromatic heterocycles. The fourth-order valence-electron chi connectivity index (χ4n) is 1.06. The van der Waals surface area contributed by atoms with Crippen molar-refractivity contribution in [1.29, 1.82) is 10.5 Å². The first-order valence-electron chi connectivity index (χ1n) is 3.78. The second kappa shape index (κ2) is 4.02. The largest absolute Gasteiger partial charge is 0.294 e. The minimum absolute atomic E-state index is 0.382. The molecule has 1 rings (SSSR count). The molecule has 0 spiro atoms. The van der Waals surface area contributed by atoms with Crippen molar-refractivity contribution in [2.24, 2.45) is 0 Å². The Morgan fingerprint density at radius 1 is 0.938 bits per heavy atom. The summed E-state index contributed by atoms with van der Waals surface area (Å²) in [6, 6.07) is 4.44. The van der Waals surface area contributed by atoms with Gasteiger partial charge in [-0.3, -0.25) is 20.2 Å². The highest BCUT2D eigenvalue weighted by Crippen LogP contribution is 2.27. The van der Waals surface area contributed by atoms with E-state index in [4.69, 9.17) is 10.5 Å². The van der Waals surface area contributed by atoms with Crippen LogP contribution >= 0.6 is 0 Å². The second-order valence-corrected chi connectivity index (χ2v) is 2.62. The Morgan fingerprint density at radius 3 is 1.56 bits per heavy atom. The number of nitriles is 2. The molecule has 78 valence electrons. The van der Waals surface area contributed by atoms with Gasteiger partial charge in [-0.2, -0.15) is 10.5 Å². The molecule has 1 aromatic rings. The van der Waals surface area contributed by atoms with Gasteiger partial charge in [-0.15, -0.1) is 0 Å². The number of hydrogen-bond acceptors (Lipinski definition) is 6. The molecule has 0 bridgehead atoms. The van der Waals surface area contributed by atoms with E-state index in [0.29, 0.717) is 6.07 Å². The van der Waals surface area contributed by atoms with Gasteiger partial charge >= 0.3 is 0 Å². The van der Waals surface area contributed by atoms with Gasteiger partial charge in [0.05, 0.1) is 15.9 Å². The third-order valence-electron chi connectivity index (χ3n) is 1.75. The van der Waals surface area contributed by atoms with Crippen molar-refractivity contribution in [3.8, 4) is 12.1 Å². The zero-order valence-corrected chi connectivity index (χ0v) is 7.58. The lowest BCUT2D eigenvalue weighted by atomic mass is 10.1. The maximum Gasteiger partial charge on any atom is 0.294 e. The molecular weight excluding hydrogens is 216 g/mol. The lowest BCUT2D eigenvalue weighted by Crippen LogP contribution is -1.98. The molecule has 0 aliphatic heterocycles. The molecule has 0 saturated carbocycles. The molecule has 16 heavy (non-hydrogen) atoms. The Morgan fingerprint density at radius 2 is 1.31 bits per heavy atom. The SMILES string of the molecule is N#Cc1cc(C#N)c([N+](=O)[O-])cc1[N+](=O)[O-]. The van der Waals surface area contributed by atoms with Crippen molar-refractivity contribution in [3.05, 3.63) is 43.5 Å². The quantitative estimate of drug-likeness (QED) is 0.541. The van der Waals surface area contributed by atoms with Crippen LogP contribution in [-0.4, -0.2) is 9.85 Å². The van der Waals surface area contributed by atoms with E-state index in [1.165, 1.54) is 12.1 Å². The highest BCUT2D eigenvalue weighted by Gasteiger charge is 2.24. The van der Waals surface area contributed by atoms with Gasteiger partial charge in [0, 0.05) is 0 Å². The number of rotatable bonds is 2. The van der Waals surface area contributed by atoms with Gasteiger partial charge < -0.3 is 0 Å². The molecule has 8 nitrogen and oxygen atoms in total. The van der Waals surface area contributed by atoms with E-state index in [2.05, 4.69) is 0 Å². The van der Waals surface area contributed by atoms with Crippen molar-refractivity contribution < 1.29 is 9.85 Å². The lowest BCUT2D eigenvalue weighted by Gasteiger charge is -1.97. The monoisotopic (exact) mass is 218 g/mol. The normalized spacial score (nSPS) is 8.88. The van der Waals surface area contributed by atoms with Crippen molar-refractivity contribution in [2.45, 2.75) is 0 Å². The number of nitrogens with zero attached hydrogens (tertiary/aromatic N) is 4. The van der Waals surface area contributed by atoms with Crippen LogP contribution in [0.15, 0.2) is 12.1 Å². The first kappa shape index (κ1) is 11.1. The Bertz CT molecular complexity index is 519. The van der Waals surface area contributed by atoms with Gasteiger partial charge in [0.25, 0.3) is 11.4 Å². The lowest BCUT2D eigenvalue weighted by molar-refractivity contribution is -0.394. The molecule has 1 aromatic carbocycles. The molecule has 0 atom stereocenters. The summed E-state index contributed by atoms with van der Waals surface area (Å²) < 4.78 is 0. The van der Waals surface area contributed by atoms with Gasteiger partial charge in [0.2, 0.25) is 0 Å². The smallest absolute Gasteiger partial charge is 0.258 e. The van der Waals surface area contributed by atoms with Crippen molar-refractivity contribution in [2.75, 3.05) is 0 Å². The number of hydrogen-bond donors (Lipinski definition) is 0. The standard InChI is InChI=1S/C8H2N4O4/c9-3-5-1-6(4-10)8(12(15)16)2-7(5)11(13)14/h1-2H. The molecule has 0 N–H and O–H groups in total. The molecule has 0 radical (unpaired) electrons. The average molecular weight is 218 g/mol. The first-order chi connectivity index (χ1) is 7.51. The van der Waals surface area contributed by atoms with E-state index in [1.54, 1.807) is 0 Å². The van der Waals surface area contributed by atoms with Gasteiger partial charge in [0.1, 0.15) is 23.3 Å². The molecule has 0 unspecified atom stereocenters. The van der Waals surface area contributed by atoms with Crippen LogP contribution in [0.5, 0.6) is 0 Å². The van der Waals surface area contributed by atoms with Gasteiger partial charge in [0.15, 0.2) is 0 Å². The Kier molecular flexibility index (Phi) is 2.78. The first-order valence-corrected chi connectivity index (χ1v) is 3.78. The summed E-state index contributed by atoms with van der Waals surface area (Å²) in [5, 5.41) is 38.2. The Hall–Kier alpha value is -3.00. The van der Waals surface area contributed by atoms with Crippen molar-refractivity contribution in [1.82, 2.24) is 0 Å². The average Bonchev–Trinajstić information content (AvgIpc) is 2.26. The van der Waals surface area contributed by atoms with Crippen molar-refractivity contribution >= 4 is 11.4 Å². The summed E-state index contributed by atoms with van der Waals surface area (Å²) in [4.78, 5) is 19.2. The molecule has 0 fully saturated rings. The highest BCUT2D eigenvalue weighted by molar-refractivity contribution is 5.62. The van der Waals surface area contributed by atoms with Crippen LogP contribution in [0.1, 0.15) is 11.1 Å². The van der Waals surface area contributed by atoms with E-state index in [9.17, 15) is 20.2 Å². The highest BCUT2D eigenvalue weighted by atomic mass is 16.6. The summed E-state index contributed by atoms with van der Waals surface area (Å²) in [6.07, 6.45) is 0. The van der Waals surface area contributed by atoms with Crippen LogP contribution in [-0.2, 0) is 0 Å². The number of nitro benzene ring substituents is 2. The Labute approximate surface area is 88.3 Å². The summed E-state index contributed by atoms with van der Waals surface area (Å²) in [5.41, 5.74) is -2.14. The molecule has 0 amide bonds. The van der Waals surface area contributed by atoms with Crippen LogP contribution in [0, 0.1) is 42.9 Å². The van der Waals surface area contributed by atoms with E-state index in [0.717, 1.165) is 6.07 Å². The molecule has 0 aliphatic rings. The zero-order chi connectivity index (χ0) is 12.3. The van der Waals surface area contributed by atoms with Crippen LogP contribution < -0.4 is 0 Å². The van der Waals surface area contributed by atoms with E-state index < -0.39 is 21.2 Å². The summed E-state index contributed by atoms with van der Waals surface area (Å²) in [7, 11) is 0. The van der Waals surface area contributed by atoms with E-state index in [-0.39, 0.29) is 11.1 Å². The maximum absolute atomic E-state index is 10.5. The second-order valence-electron chi connectivity index (χ2n) is 2.62. The molecule has 0 aliphatic carbocycles. The minimum atomic E-state index is -0.910. The number of benzene rings is 1. The van der Waals surface area contributed by atoms with Gasteiger partial charge in [-0.05, 0) is 6.07 Å². The zero-order valence-electron chi connectivity index (χ0n) is 7.58. The summed E-state index contributed by atoms with van der Waals surface area (Å²) in [5.74, 6) is 0. The predicted octanol–water partition coefficient (Wildman–Crippen LogP) is 1.25. The van der Waals surface area contributed by atoms with Crippen LogP contribution in [0.25, 0.3) is 0 Å². The molecular formula is C8H2N4O4. The van der Waals surface area contributed by atoms with Crippen LogP contribution in [0.3, 0.4) is 0 Å². The fraction of sp³-hybridized carbons (Fsp3) is 0. The van der Waals surface area contributed by atoms with E-state index in [1.807, 2.05) is 0 Å². The maximum atomic E-state index is 10.5. The van der Waals surface area contributed by atoms with Crippen LogP contribution in [0.2, 0.25) is 0 Å². The van der Waals surface area contributed by atoms with Gasteiger partial charge in [-0.25, -0.2) is 0 Å². The molecule has 0 heterocycles. The third kappa shape index (κ3) is 1.76. The summed E-state index contributed by atoms with van der Waals surface area (Å²) in [6.45, 7) is 0. The minimum Gasteiger partial charge on any atom is -0.258 e. The van der Waals surface area contributed by atoms with E-state index >= 15 is 0 Å². The Balaban J connectivity index is 3.63. The molecule has 0 saturated heterocycles. The van der Waals surface area contributed by atoms with Crippen molar-refractivity contribution in [3.63, 3.8) is 0 Å². The molecule has 8 heteroatoms. The van der Waals surface area contributed by atoms with Gasteiger partial charge in [-0.1, -0.05) is 0 Å².